The van der Waals surface area contributed by atoms with E-state index in [-0.39, 0.29) is 23.1 Å². The van der Waals surface area contributed by atoms with Gasteiger partial charge in [0.05, 0.1) is 5.97 Å². The number of benzene rings is 1. The molecule has 1 heterocycles. The Morgan fingerprint density at radius 3 is 2.67 bits per heavy atom. The van der Waals surface area contributed by atoms with Gasteiger partial charge in [0.1, 0.15) is 11.6 Å². The SMILES string of the molecule is N#C/C(=C\c1cccn1-c1cccc(C(=O)[O-])c1)C(=O)NC1CCCCC1. The number of hydrogen-bond acceptors (Lipinski definition) is 4. The van der Waals surface area contributed by atoms with Gasteiger partial charge in [-0.1, -0.05) is 31.4 Å². The van der Waals surface area contributed by atoms with E-state index in [1.807, 2.05) is 6.07 Å². The van der Waals surface area contributed by atoms with Crippen molar-refractivity contribution in [2.24, 2.45) is 0 Å². The Balaban J connectivity index is 1.85. The summed E-state index contributed by atoms with van der Waals surface area (Å²) in [5, 5.41) is 23.5. The van der Waals surface area contributed by atoms with Crippen molar-refractivity contribution >= 4 is 18.0 Å². The highest BCUT2D eigenvalue weighted by molar-refractivity contribution is 6.01. The average Bonchev–Trinajstić information content (AvgIpc) is 3.15. The zero-order chi connectivity index (χ0) is 19.2. The maximum Gasteiger partial charge on any atom is 0.262 e. The molecule has 1 aliphatic rings. The van der Waals surface area contributed by atoms with Crippen molar-refractivity contribution in [3.05, 3.63) is 59.4 Å². The Hall–Kier alpha value is -3.33. The third kappa shape index (κ3) is 4.45. The molecule has 1 fully saturated rings. The summed E-state index contributed by atoms with van der Waals surface area (Å²) in [6.45, 7) is 0. The molecule has 0 bridgehead atoms. The van der Waals surface area contributed by atoms with E-state index in [4.69, 9.17) is 0 Å². The molecule has 2 aromatic rings. The van der Waals surface area contributed by atoms with Crippen molar-refractivity contribution in [1.29, 1.82) is 5.26 Å². The van der Waals surface area contributed by atoms with Crippen LogP contribution in [0.2, 0.25) is 0 Å². The lowest BCUT2D eigenvalue weighted by Crippen LogP contribution is -2.36. The van der Waals surface area contributed by atoms with E-state index < -0.39 is 5.97 Å². The molecule has 0 unspecified atom stereocenters. The minimum absolute atomic E-state index is 0.0246. The van der Waals surface area contributed by atoms with Crippen LogP contribution in [-0.2, 0) is 4.79 Å². The molecule has 0 radical (unpaired) electrons. The fourth-order valence-electron chi connectivity index (χ4n) is 3.34. The second kappa shape index (κ2) is 8.37. The van der Waals surface area contributed by atoms with Crippen LogP contribution in [-0.4, -0.2) is 22.5 Å². The summed E-state index contributed by atoms with van der Waals surface area (Å²) in [6.07, 6.45) is 8.51. The van der Waals surface area contributed by atoms with Crippen LogP contribution in [0, 0.1) is 11.3 Å². The molecule has 0 aliphatic heterocycles. The van der Waals surface area contributed by atoms with Gasteiger partial charge in [0, 0.05) is 23.6 Å². The molecule has 6 heteroatoms. The van der Waals surface area contributed by atoms with E-state index in [1.54, 1.807) is 35.0 Å². The number of nitrogens with zero attached hydrogens (tertiary/aromatic N) is 2. The van der Waals surface area contributed by atoms with Crippen molar-refractivity contribution in [1.82, 2.24) is 9.88 Å². The molecule has 27 heavy (non-hydrogen) atoms. The summed E-state index contributed by atoms with van der Waals surface area (Å²) in [5.74, 6) is -1.63. The van der Waals surface area contributed by atoms with E-state index in [1.165, 1.54) is 24.6 Å². The lowest BCUT2D eigenvalue weighted by atomic mass is 9.95. The first-order chi connectivity index (χ1) is 13.1. The zero-order valence-corrected chi connectivity index (χ0v) is 14.9. The normalized spacial score (nSPS) is 15.1. The van der Waals surface area contributed by atoms with Crippen LogP contribution in [0.5, 0.6) is 0 Å². The molecule has 0 spiro atoms. The van der Waals surface area contributed by atoms with E-state index in [9.17, 15) is 20.0 Å². The quantitative estimate of drug-likeness (QED) is 0.651. The van der Waals surface area contributed by atoms with Crippen molar-refractivity contribution in [3.8, 4) is 11.8 Å². The van der Waals surface area contributed by atoms with E-state index in [2.05, 4.69) is 5.32 Å². The number of rotatable bonds is 5. The number of carboxylic acids is 1. The average molecular weight is 362 g/mol. The molecule has 138 valence electrons. The molecule has 1 N–H and O–H groups in total. The Bertz CT molecular complexity index is 915. The molecule has 1 saturated carbocycles. The topological polar surface area (TPSA) is 97.9 Å². The Kier molecular flexibility index (Phi) is 5.72. The van der Waals surface area contributed by atoms with Gasteiger partial charge in [0.2, 0.25) is 0 Å². The van der Waals surface area contributed by atoms with Crippen molar-refractivity contribution in [3.63, 3.8) is 0 Å². The van der Waals surface area contributed by atoms with E-state index >= 15 is 0 Å². The molecule has 6 nitrogen and oxygen atoms in total. The largest absolute Gasteiger partial charge is 0.545 e. The third-order valence-electron chi connectivity index (χ3n) is 4.74. The number of amides is 1. The molecule has 0 atom stereocenters. The van der Waals surface area contributed by atoms with Gasteiger partial charge in [0.15, 0.2) is 0 Å². The van der Waals surface area contributed by atoms with Crippen LogP contribution in [0.25, 0.3) is 11.8 Å². The standard InChI is InChI=1S/C21H21N3O3/c22-14-16(20(25)23-17-7-2-1-3-8-17)13-19-10-5-11-24(19)18-9-4-6-15(12-18)21(26)27/h4-6,9-13,17H,1-3,7-8H2,(H,23,25)(H,26,27)/p-1/b16-13+. The zero-order valence-electron chi connectivity index (χ0n) is 14.9. The summed E-state index contributed by atoms with van der Waals surface area (Å²) < 4.78 is 1.72. The van der Waals surface area contributed by atoms with Gasteiger partial charge in [0.25, 0.3) is 5.91 Å². The Labute approximate surface area is 157 Å². The predicted octanol–water partition coefficient (Wildman–Crippen LogP) is 2.20. The van der Waals surface area contributed by atoms with Gasteiger partial charge >= 0.3 is 0 Å². The number of aromatic carboxylic acids is 1. The van der Waals surface area contributed by atoms with Crippen LogP contribution >= 0.6 is 0 Å². The minimum atomic E-state index is -1.26. The fourth-order valence-corrected chi connectivity index (χ4v) is 3.34. The highest BCUT2D eigenvalue weighted by Crippen LogP contribution is 2.19. The van der Waals surface area contributed by atoms with Crippen LogP contribution in [0.1, 0.15) is 48.2 Å². The maximum absolute atomic E-state index is 12.5. The Morgan fingerprint density at radius 2 is 1.96 bits per heavy atom. The molecule has 1 amide bonds. The number of nitrogens with one attached hydrogen (secondary N) is 1. The van der Waals surface area contributed by atoms with Crippen LogP contribution < -0.4 is 10.4 Å². The molecule has 1 aliphatic carbocycles. The van der Waals surface area contributed by atoms with Gasteiger partial charge in [-0.2, -0.15) is 5.26 Å². The molecule has 0 saturated heterocycles. The second-order valence-corrected chi connectivity index (χ2v) is 6.62. The molecule has 3 rings (SSSR count). The lowest BCUT2D eigenvalue weighted by molar-refractivity contribution is -0.255. The van der Waals surface area contributed by atoms with Crippen molar-refractivity contribution in [2.45, 2.75) is 38.1 Å². The highest BCUT2D eigenvalue weighted by Gasteiger charge is 2.18. The molecule has 1 aromatic heterocycles. The fraction of sp³-hybridized carbons (Fsp3) is 0.286. The summed E-state index contributed by atoms with van der Waals surface area (Å²) in [5.41, 5.74) is 1.31. The van der Waals surface area contributed by atoms with Crippen LogP contribution in [0.4, 0.5) is 0 Å². The van der Waals surface area contributed by atoms with Gasteiger partial charge in [-0.3, -0.25) is 4.79 Å². The van der Waals surface area contributed by atoms with Crippen molar-refractivity contribution in [2.75, 3.05) is 0 Å². The van der Waals surface area contributed by atoms with Crippen LogP contribution in [0.15, 0.2) is 48.2 Å². The number of carbonyl (C=O) groups excluding carboxylic acids is 2. The first-order valence-corrected chi connectivity index (χ1v) is 9.00. The first kappa shape index (κ1) is 18.5. The summed E-state index contributed by atoms with van der Waals surface area (Å²) >= 11 is 0. The summed E-state index contributed by atoms with van der Waals surface area (Å²) in [6, 6.07) is 11.9. The smallest absolute Gasteiger partial charge is 0.262 e. The number of aromatic nitrogens is 1. The van der Waals surface area contributed by atoms with E-state index in [0.717, 1.165) is 25.7 Å². The van der Waals surface area contributed by atoms with Crippen LogP contribution in [0.3, 0.4) is 0 Å². The Morgan fingerprint density at radius 1 is 1.19 bits per heavy atom. The first-order valence-electron chi connectivity index (χ1n) is 9.00. The van der Waals surface area contributed by atoms with Gasteiger partial charge in [-0.15, -0.1) is 0 Å². The van der Waals surface area contributed by atoms with Gasteiger partial charge in [-0.05, 0) is 48.7 Å². The molecular weight excluding hydrogens is 342 g/mol. The maximum atomic E-state index is 12.5. The summed E-state index contributed by atoms with van der Waals surface area (Å²) in [4.78, 5) is 23.5. The minimum Gasteiger partial charge on any atom is -0.545 e. The van der Waals surface area contributed by atoms with Crippen molar-refractivity contribution < 1.29 is 14.7 Å². The third-order valence-corrected chi connectivity index (χ3v) is 4.74. The summed E-state index contributed by atoms with van der Waals surface area (Å²) in [7, 11) is 0. The monoisotopic (exact) mass is 362 g/mol. The molecule has 1 aromatic carbocycles. The number of carbonyl (C=O) groups is 2. The lowest BCUT2D eigenvalue weighted by Gasteiger charge is -2.22. The second-order valence-electron chi connectivity index (χ2n) is 6.62. The number of nitriles is 1. The van der Waals surface area contributed by atoms with Gasteiger partial charge < -0.3 is 19.8 Å². The number of hydrogen-bond donors (Lipinski definition) is 1. The molecular formula is C21H20N3O3-. The number of carboxylic acid groups (broad SMARTS) is 1. The highest BCUT2D eigenvalue weighted by atomic mass is 16.4. The predicted molar refractivity (Wildman–Crippen MR) is 98.7 cm³/mol. The van der Waals surface area contributed by atoms with E-state index in [0.29, 0.717) is 11.4 Å². The van der Waals surface area contributed by atoms with Gasteiger partial charge in [-0.25, -0.2) is 0 Å².